The van der Waals surface area contributed by atoms with Crippen LogP contribution in [-0.4, -0.2) is 22.2 Å². The number of ether oxygens (including phenoxy) is 1. The van der Waals surface area contributed by atoms with E-state index in [4.69, 9.17) is 14.9 Å². The third-order valence-electron chi connectivity index (χ3n) is 4.12. The van der Waals surface area contributed by atoms with Crippen molar-refractivity contribution in [1.82, 2.24) is 0 Å². The average Bonchev–Trinajstić information content (AvgIpc) is 2.72. The summed E-state index contributed by atoms with van der Waals surface area (Å²) >= 11 is 0. The molecule has 3 aromatic carbocycles. The maximum atomic E-state index is 11.2. The molecular weight excluding hydrogens is 358 g/mol. The molecule has 0 spiro atoms. The Bertz CT molecular complexity index is 1050. The number of nitrogens with zero attached hydrogens (tertiary/aromatic N) is 1. The molecule has 138 valence electrons. The Kier molecular flexibility index (Phi) is 5.38. The van der Waals surface area contributed by atoms with E-state index in [0.717, 1.165) is 22.8 Å². The molecular formula is C22H15NO5. The Morgan fingerprint density at radius 3 is 2.07 bits per heavy atom. The minimum absolute atomic E-state index is 0.141. The van der Waals surface area contributed by atoms with E-state index >= 15 is 0 Å². The average molecular weight is 373 g/mol. The van der Waals surface area contributed by atoms with Crippen LogP contribution in [-0.2, 0) is 6.61 Å². The van der Waals surface area contributed by atoms with Crippen LogP contribution in [0.25, 0.3) is 11.1 Å². The summed E-state index contributed by atoms with van der Waals surface area (Å²) in [5.41, 5.74) is 2.81. The van der Waals surface area contributed by atoms with Crippen molar-refractivity contribution in [2.75, 3.05) is 0 Å². The standard InChI is InChI=1S/C22H15NO5/c23-12-16-3-1-2-4-20(16)15-7-5-14(6-8-15)13-28-19-10-17(21(24)25)9-18(11-19)22(26)27/h1-11H,13H2,(H,24,25)(H,26,27). The van der Waals surface area contributed by atoms with E-state index in [2.05, 4.69) is 6.07 Å². The summed E-state index contributed by atoms with van der Waals surface area (Å²) in [6, 6.07) is 20.5. The molecule has 0 aliphatic rings. The van der Waals surface area contributed by atoms with E-state index in [-0.39, 0.29) is 23.5 Å². The number of carboxylic acid groups (broad SMARTS) is 2. The fourth-order valence-corrected chi connectivity index (χ4v) is 2.71. The van der Waals surface area contributed by atoms with Crippen LogP contribution >= 0.6 is 0 Å². The Labute approximate surface area is 160 Å². The zero-order valence-corrected chi connectivity index (χ0v) is 14.6. The highest BCUT2D eigenvalue weighted by Crippen LogP contribution is 2.24. The summed E-state index contributed by atoms with van der Waals surface area (Å²) in [4.78, 5) is 22.3. The van der Waals surface area contributed by atoms with Gasteiger partial charge in [-0.15, -0.1) is 0 Å². The van der Waals surface area contributed by atoms with Gasteiger partial charge >= 0.3 is 11.9 Å². The van der Waals surface area contributed by atoms with Crippen molar-refractivity contribution >= 4 is 11.9 Å². The number of benzene rings is 3. The van der Waals surface area contributed by atoms with Gasteiger partial charge in [0.25, 0.3) is 0 Å². The summed E-state index contributed by atoms with van der Waals surface area (Å²) in [6.07, 6.45) is 0. The summed E-state index contributed by atoms with van der Waals surface area (Å²) in [5.74, 6) is -2.29. The van der Waals surface area contributed by atoms with Crippen molar-refractivity contribution in [1.29, 1.82) is 5.26 Å². The molecule has 3 rings (SSSR count). The summed E-state index contributed by atoms with van der Waals surface area (Å²) in [5, 5.41) is 27.4. The predicted octanol–water partition coefficient (Wildman–Crippen LogP) is 4.20. The molecule has 3 aromatic rings. The zero-order valence-electron chi connectivity index (χ0n) is 14.6. The molecule has 2 N–H and O–H groups in total. The van der Waals surface area contributed by atoms with Gasteiger partial charge in [0.05, 0.1) is 22.8 Å². The first-order valence-corrected chi connectivity index (χ1v) is 8.31. The van der Waals surface area contributed by atoms with Crippen molar-refractivity contribution in [3.63, 3.8) is 0 Å². The highest BCUT2D eigenvalue weighted by atomic mass is 16.5. The summed E-state index contributed by atoms with van der Waals surface area (Å²) < 4.78 is 5.59. The van der Waals surface area contributed by atoms with Crippen molar-refractivity contribution in [3.05, 3.63) is 89.0 Å². The van der Waals surface area contributed by atoms with Crippen LogP contribution in [0.1, 0.15) is 31.8 Å². The van der Waals surface area contributed by atoms with E-state index in [0.29, 0.717) is 5.56 Å². The third-order valence-corrected chi connectivity index (χ3v) is 4.12. The quantitative estimate of drug-likeness (QED) is 0.670. The van der Waals surface area contributed by atoms with Gasteiger partial charge in [0.2, 0.25) is 0 Å². The smallest absolute Gasteiger partial charge is 0.335 e. The van der Waals surface area contributed by atoms with Gasteiger partial charge in [-0.1, -0.05) is 42.5 Å². The lowest BCUT2D eigenvalue weighted by Crippen LogP contribution is -2.04. The van der Waals surface area contributed by atoms with Crippen LogP contribution < -0.4 is 4.74 Å². The molecule has 0 aromatic heterocycles. The molecule has 0 aliphatic carbocycles. The third kappa shape index (κ3) is 4.17. The predicted molar refractivity (Wildman–Crippen MR) is 101 cm³/mol. The van der Waals surface area contributed by atoms with Gasteiger partial charge in [0.1, 0.15) is 12.4 Å². The number of nitriles is 1. The molecule has 28 heavy (non-hydrogen) atoms. The lowest BCUT2D eigenvalue weighted by Gasteiger charge is -2.10. The first kappa shape index (κ1) is 18.7. The normalized spacial score (nSPS) is 10.1. The topological polar surface area (TPSA) is 108 Å². The Balaban J connectivity index is 1.78. The van der Waals surface area contributed by atoms with Gasteiger partial charge in [-0.2, -0.15) is 5.26 Å². The Hall–Kier alpha value is -4.11. The van der Waals surface area contributed by atoms with E-state index < -0.39 is 11.9 Å². The van der Waals surface area contributed by atoms with Crippen molar-refractivity contribution in [2.24, 2.45) is 0 Å². The van der Waals surface area contributed by atoms with E-state index in [9.17, 15) is 14.9 Å². The van der Waals surface area contributed by atoms with Crippen LogP contribution in [0.5, 0.6) is 5.75 Å². The fourth-order valence-electron chi connectivity index (χ4n) is 2.71. The van der Waals surface area contributed by atoms with Gasteiger partial charge in [0, 0.05) is 0 Å². The second-order valence-electron chi connectivity index (χ2n) is 6.00. The summed E-state index contributed by atoms with van der Waals surface area (Å²) in [7, 11) is 0. The van der Waals surface area contributed by atoms with Crippen molar-refractivity contribution in [2.45, 2.75) is 6.61 Å². The van der Waals surface area contributed by atoms with Gasteiger partial charge in [-0.05, 0) is 41.0 Å². The van der Waals surface area contributed by atoms with Gasteiger partial charge < -0.3 is 14.9 Å². The molecule has 6 heteroatoms. The lowest BCUT2D eigenvalue weighted by molar-refractivity contribution is 0.0696. The van der Waals surface area contributed by atoms with Crippen LogP contribution in [0.2, 0.25) is 0 Å². The second-order valence-corrected chi connectivity index (χ2v) is 6.00. The zero-order chi connectivity index (χ0) is 20.1. The van der Waals surface area contributed by atoms with E-state index in [1.807, 2.05) is 36.4 Å². The van der Waals surface area contributed by atoms with Crippen LogP contribution in [0, 0.1) is 11.3 Å². The SMILES string of the molecule is N#Cc1ccccc1-c1ccc(COc2cc(C(=O)O)cc(C(=O)O)c2)cc1. The molecule has 0 fully saturated rings. The molecule has 0 saturated heterocycles. The molecule has 0 aliphatic heterocycles. The Morgan fingerprint density at radius 2 is 1.50 bits per heavy atom. The van der Waals surface area contributed by atoms with Gasteiger partial charge in [-0.25, -0.2) is 9.59 Å². The van der Waals surface area contributed by atoms with Crippen LogP contribution in [0.15, 0.2) is 66.7 Å². The van der Waals surface area contributed by atoms with Gasteiger partial charge in [-0.3, -0.25) is 0 Å². The number of hydrogen-bond acceptors (Lipinski definition) is 4. The minimum Gasteiger partial charge on any atom is -0.489 e. The first-order chi connectivity index (χ1) is 13.5. The van der Waals surface area contributed by atoms with Crippen LogP contribution in [0.4, 0.5) is 0 Å². The number of carboxylic acids is 2. The first-order valence-electron chi connectivity index (χ1n) is 8.31. The number of rotatable bonds is 6. The van der Waals surface area contributed by atoms with E-state index in [1.165, 1.54) is 12.1 Å². The lowest BCUT2D eigenvalue weighted by atomic mass is 9.99. The fraction of sp³-hybridized carbons (Fsp3) is 0.0455. The molecule has 0 saturated carbocycles. The molecule has 0 heterocycles. The monoisotopic (exact) mass is 373 g/mol. The number of carbonyl (C=O) groups is 2. The highest BCUT2D eigenvalue weighted by molar-refractivity contribution is 5.94. The molecule has 0 amide bonds. The molecule has 0 atom stereocenters. The maximum absolute atomic E-state index is 11.2. The highest BCUT2D eigenvalue weighted by Gasteiger charge is 2.12. The second kappa shape index (κ2) is 8.06. The minimum atomic E-state index is -1.23. The number of aromatic carboxylic acids is 2. The molecule has 6 nitrogen and oxygen atoms in total. The summed E-state index contributed by atoms with van der Waals surface area (Å²) in [6.45, 7) is 0.141. The molecule has 0 radical (unpaired) electrons. The maximum Gasteiger partial charge on any atom is 0.335 e. The number of hydrogen-bond donors (Lipinski definition) is 2. The molecule has 0 unspecified atom stereocenters. The van der Waals surface area contributed by atoms with Crippen molar-refractivity contribution < 1.29 is 24.5 Å². The largest absolute Gasteiger partial charge is 0.489 e. The molecule has 0 bridgehead atoms. The van der Waals surface area contributed by atoms with E-state index in [1.54, 1.807) is 12.1 Å². The van der Waals surface area contributed by atoms with Crippen LogP contribution in [0.3, 0.4) is 0 Å². The Morgan fingerprint density at radius 1 is 0.893 bits per heavy atom. The van der Waals surface area contributed by atoms with Crippen molar-refractivity contribution in [3.8, 4) is 22.9 Å². The van der Waals surface area contributed by atoms with Gasteiger partial charge in [0.15, 0.2) is 0 Å².